The van der Waals surface area contributed by atoms with Crippen molar-refractivity contribution < 1.29 is 19.1 Å². The molecule has 3 N–H and O–H groups in total. The van der Waals surface area contributed by atoms with Gasteiger partial charge in [-0.2, -0.15) is 0 Å². The summed E-state index contributed by atoms with van der Waals surface area (Å²) < 4.78 is 9.28. The van der Waals surface area contributed by atoms with Crippen LogP contribution in [0.2, 0.25) is 0 Å². The van der Waals surface area contributed by atoms with Gasteiger partial charge in [-0.3, -0.25) is 9.59 Å². The first-order chi connectivity index (χ1) is 14.1. The average molecular weight is 467 g/mol. The van der Waals surface area contributed by atoms with Crippen molar-refractivity contribution in [2.24, 2.45) is 5.73 Å². The normalized spacial score (nSPS) is 9.24. The smallest absolute Gasteiger partial charge is 0.319 e. The zero-order valence-corrected chi connectivity index (χ0v) is 18.7. The summed E-state index contributed by atoms with van der Waals surface area (Å²) in [5.41, 5.74) is 7.70. The van der Waals surface area contributed by atoms with Gasteiger partial charge in [0.05, 0.1) is 19.8 Å². The summed E-state index contributed by atoms with van der Waals surface area (Å²) in [6.07, 6.45) is 0. The lowest BCUT2D eigenvalue weighted by molar-refractivity contribution is -0.142. The largest absolute Gasteiger partial charge is 0.465 e. The van der Waals surface area contributed by atoms with Gasteiger partial charge >= 0.3 is 11.9 Å². The van der Waals surface area contributed by atoms with Gasteiger partial charge in [-0.05, 0) is 25.0 Å². The van der Waals surface area contributed by atoms with Gasteiger partial charge in [-0.1, -0.05) is 76.6 Å². The lowest BCUT2D eigenvalue weighted by Crippen LogP contribution is -2.24. The van der Waals surface area contributed by atoms with Crippen LogP contribution in [0.25, 0.3) is 0 Å². The van der Waals surface area contributed by atoms with E-state index in [1.54, 1.807) is 13.8 Å². The summed E-state index contributed by atoms with van der Waals surface area (Å²) in [6, 6.07) is 19.9. The first-order valence-corrected chi connectivity index (χ1v) is 10.5. The fourth-order valence-electron chi connectivity index (χ4n) is 1.93. The SMILES string of the molecule is CCOC(=O)CBr.CCOC(=O)CNCc1ccccc1.NCc1ccccc1. The van der Waals surface area contributed by atoms with Crippen LogP contribution in [0.5, 0.6) is 0 Å². The van der Waals surface area contributed by atoms with E-state index in [0.29, 0.717) is 31.6 Å². The number of hydrogen-bond donors (Lipinski definition) is 2. The van der Waals surface area contributed by atoms with Crippen molar-refractivity contribution in [1.29, 1.82) is 0 Å². The zero-order chi connectivity index (χ0) is 21.7. The first kappa shape index (κ1) is 26.8. The molecular formula is C22H31BrN2O4. The highest BCUT2D eigenvalue weighted by molar-refractivity contribution is 9.09. The molecule has 2 aromatic carbocycles. The van der Waals surface area contributed by atoms with E-state index in [1.165, 1.54) is 5.56 Å². The lowest BCUT2D eigenvalue weighted by atomic mass is 10.2. The molecular weight excluding hydrogens is 436 g/mol. The van der Waals surface area contributed by atoms with Crippen molar-refractivity contribution in [3.63, 3.8) is 0 Å². The third-order valence-electron chi connectivity index (χ3n) is 3.24. The number of nitrogens with two attached hydrogens (primary N) is 1. The van der Waals surface area contributed by atoms with E-state index in [2.05, 4.69) is 26.0 Å². The second kappa shape index (κ2) is 19.1. The molecule has 160 valence electrons. The third kappa shape index (κ3) is 16.4. The topological polar surface area (TPSA) is 90.6 Å². The standard InChI is InChI=1S/C11H15NO2.C7H9N.C4H7BrO2/c1-2-14-11(13)9-12-8-10-6-4-3-5-7-10;8-6-7-4-2-1-3-5-7;1-2-7-4(6)3-5/h3-7,12H,2,8-9H2,1H3;1-5H,6,8H2;2-3H2,1H3. The third-order valence-corrected chi connectivity index (χ3v) is 3.70. The van der Waals surface area contributed by atoms with E-state index in [4.69, 9.17) is 10.5 Å². The first-order valence-electron chi connectivity index (χ1n) is 9.43. The number of carbonyl (C=O) groups excluding carboxylic acids is 2. The molecule has 0 amide bonds. The molecule has 0 heterocycles. The van der Waals surface area contributed by atoms with Crippen LogP contribution in [0.1, 0.15) is 25.0 Å². The summed E-state index contributed by atoms with van der Waals surface area (Å²) in [6.45, 7) is 6.08. The number of benzene rings is 2. The highest BCUT2D eigenvalue weighted by Crippen LogP contribution is 1.96. The van der Waals surface area contributed by atoms with Crippen LogP contribution in [0.3, 0.4) is 0 Å². The number of carbonyl (C=O) groups is 2. The molecule has 6 nitrogen and oxygen atoms in total. The van der Waals surface area contributed by atoms with Crippen LogP contribution >= 0.6 is 15.9 Å². The van der Waals surface area contributed by atoms with Crippen molar-refractivity contribution in [1.82, 2.24) is 5.32 Å². The number of nitrogens with one attached hydrogen (secondary N) is 1. The van der Waals surface area contributed by atoms with Gasteiger partial charge in [0.25, 0.3) is 0 Å². The summed E-state index contributed by atoms with van der Waals surface area (Å²) in [4.78, 5) is 21.1. The van der Waals surface area contributed by atoms with Crippen LogP contribution in [-0.4, -0.2) is 37.0 Å². The molecule has 0 aromatic heterocycles. The average Bonchev–Trinajstić information content (AvgIpc) is 2.76. The Morgan fingerprint density at radius 3 is 1.72 bits per heavy atom. The Bertz CT molecular complexity index is 654. The van der Waals surface area contributed by atoms with Crippen molar-refractivity contribution in [3.05, 3.63) is 71.8 Å². The summed E-state index contributed by atoms with van der Waals surface area (Å²) >= 11 is 2.94. The second-order valence-corrected chi connectivity index (χ2v) is 6.08. The van der Waals surface area contributed by atoms with Gasteiger partial charge in [0.2, 0.25) is 0 Å². The summed E-state index contributed by atoms with van der Waals surface area (Å²) in [7, 11) is 0. The van der Waals surface area contributed by atoms with Gasteiger partial charge in [-0.15, -0.1) is 0 Å². The predicted molar refractivity (Wildman–Crippen MR) is 120 cm³/mol. The minimum absolute atomic E-state index is 0.205. The van der Waals surface area contributed by atoms with Crippen molar-refractivity contribution in [2.75, 3.05) is 25.1 Å². The van der Waals surface area contributed by atoms with E-state index in [-0.39, 0.29) is 18.5 Å². The van der Waals surface area contributed by atoms with Crippen LogP contribution in [0, 0.1) is 0 Å². The van der Waals surface area contributed by atoms with Crippen LogP contribution < -0.4 is 11.1 Å². The van der Waals surface area contributed by atoms with E-state index < -0.39 is 0 Å². The van der Waals surface area contributed by atoms with E-state index in [9.17, 15) is 9.59 Å². The quantitative estimate of drug-likeness (QED) is 0.457. The molecule has 0 fully saturated rings. The number of hydrogen-bond acceptors (Lipinski definition) is 6. The number of alkyl halides is 1. The predicted octanol–water partition coefficient (Wildman–Crippen LogP) is 3.43. The highest BCUT2D eigenvalue weighted by atomic mass is 79.9. The Labute approximate surface area is 181 Å². The fraction of sp³-hybridized carbons (Fsp3) is 0.364. The fourth-order valence-corrected chi connectivity index (χ4v) is 2.09. The number of halogens is 1. The van der Waals surface area contributed by atoms with Crippen molar-refractivity contribution in [3.8, 4) is 0 Å². The molecule has 0 unspecified atom stereocenters. The van der Waals surface area contributed by atoms with Gasteiger partial charge < -0.3 is 20.5 Å². The van der Waals surface area contributed by atoms with Gasteiger partial charge in [0.15, 0.2) is 0 Å². The van der Waals surface area contributed by atoms with Crippen molar-refractivity contribution in [2.45, 2.75) is 26.9 Å². The number of ether oxygens (including phenoxy) is 2. The number of rotatable bonds is 8. The van der Waals surface area contributed by atoms with Gasteiger partial charge in [0.1, 0.15) is 5.33 Å². The monoisotopic (exact) mass is 466 g/mol. The molecule has 0 aliphatic heterocycles. The molecule has 0 spiro atoms. The zero-order valence-electron chi connectivity index (χ0n) is 17.1. The Balaban J connectivity index is 0.000000444. The minimum Gasteiger partial charge on any atom is -0.465 e. The maximum Gasteiger partial charge on any atom is 0.319 e. The van der Waals surface area contributed by atoms with Crippen molar-refractivity contribution >= 4 is 27.9 Å². The van der Waals surface area contributed by atoms with Crippen LogP contribution in [-0.2, 0) is 32.2 Å². The molecule has 2 aromatic rings. The molecule has 0 saturated heterocycles. The molecule has 7 heteroatoms. The van der Waals surface area contributed by atoms with E-state index in [1.807, 2.05) is 60.7 Å². The molecule has 0 aliphatic rings. The highest BCUT2D eigenvalue weighted by Gasteiger charge is 1.99. The summed E-state index contributed by atoms with van der Waals surface area (Å²) in [5.74, 6) is -0.411. The van der Waals surface area contributed by atoms with Gasteiger partial charge in [0, 0.05) is 13.1 Å². The molecule has 0 bridgehead atoms. The lowest BCUT2D eigenvalue weighted by Gasteiger charge is -2.04. The van der Waals surface area contributed by atoms with Crippen LogP contribution in [0.15, 0.2) is 60.7 Å². The molecule has 0 radical (unpaired) electrons. The van der Waals surface area contributed by atoms with E-state index in [0.717, 1.165) is 5.56 Å². The molecule has 0 saturated carbocycles. The maximum absolute atomic E-state index is 10.9. The maximum atomic E-state index is 10.9. The van der Waals surface area contributed by atoms with Gasteiger partial charge in [-0.25, -0.2) is 0 Å². The Morgan fingerprint density at radius 2 is 1.34 bits per heavy atom. The Hall–Kier alpha value is -2.22. The Kier molecular flexibility index (Phi) is 17.6. The molecule has 29 heavy (non-hydrogen) atoms. The Morgan fingerprint density at radius 1 is 0.862 bits per heavy atom. The minimum atomic E-state index is -0.206. The summed E-state index contributed by atoms with van der Waals surface area (Å²) in [5, 5.41) is 3.30. The second-order valence-electron chi connectivity index (χ2n) is 5.52. The molecule has 0 atom stereocenters. The molecule has 2 rings (SSSR count). The number of esters is 2. The van der Waals surface area contributed by atoms with E-state index >= 15 is 0 Å². The molecule has 0 aliphatic carbocycles. The van der Waals surface area contributed by atoms with Crippen LogP contribution in [0.4, 0.5) is 0 Å².